The predicted molar refractivity (Wildman–Crippen MR) is 125 cm³/mol. The van der Waals surface area contributed by atoms with E-state index < -0.39 is 0 Å². The van der Waals surface area contributed by atoms with E-state index in [1.54, 1.807) is 6.92 Å². The number of benzene rings is 1. The van der Waals surface area contributed by atoms with Gasteiger partial charge in [-0.1, -0.05) is 26.8 Å². The molecule has 168 valence electrons. The fraction of sp³-hybridized carbons (Fsp3) is 0.520. The van der Waals surface area contributed by atoms with Gasteiger partial charge in [0, 0.05) is 4.88 Å². The molecule has 0 bridgehead atoms. The second kappa shape index (κ2) is 9.43. The molecule has 1 amide bonds. The highest BCUT2D eigenvalue weighted by Crippen LogP contribution is 2.44. The molecule has 0 saturated carbocycles. The summed E-state index contributed by atoms with van der Waals surface area (Å²) < 4.78 is 11.0. The maximum Gasteiger partial charge on any atom is 0.341 e. The normalized spacial score (nSPS) is 15.9. The number of aryl methyl sites for hydroxylation is 2. The zero-order valence-electron chi connectivity index (χ0n) is 19.4. The van der Waals surface area contributed by atoms with Crippen LogP contribution in [0.1, 0.15) is 66.0 Å². The summed E-state index contributed by atoms with van der Waals surface area (Å²) in [6.07, 6.45) is 2.78. The van der Waals surface area contributed by atoms with Gasteiger partial charge < -0.3 is 14.8 Å². The van der Waals surface area contributed by atoms with Crippen LogP contribution in [0, 0.1) is 25.2 Å². The zero-order valence-corrected chi connectivity index (χ0v) is 20.2. The molecule has 1 heterocycles. The minimum atomic E-state index is -0.361. The third-order valence-corrected chi connectivity index (χ3v) is 7.24. The first-order valence-corrected chi connectivity index (χ1v) is 11.7. The minimum Gasteiger partial charge on any atom is -0.484 e. The van der Waals surface area contributed by atoms with Crippen LogP contribution in [-0.2, 0) is 22.4 Å². The number of anilines is 1. The molecule has 0 fully saturated rings. The number of ether oxygens (including phenoxy) is 2. The van der Waals surface area contributed by atoms with E-state index >= 15 is 0 Å². The molecule has 1 aromatic carbocycles. The molecule has 2 aromatic rings. The molecule has 3 rings (SSSR count). The van der Waals surface area contributed by atoms with Crippen molar-refractivity contribution in [3.05, 3.63) is 45.3 Å². The van der Waals surface area contributed by atoms with Gasteiger partial charge in [0.25, 0.3) is 5.91 Å². The number of carbonyl (C=O) groups excluding carboxylic acids is 2. The first-order valence-electron chi connectivity index (χ1n) is 10.9. The van der Waals surface area contributed by atoms with Gasteiger partial charge in [-0.05, 0) is 80.2 Å². The lowest BCUT2D eigenvalue weighted by Gasteiger charge is -2.33. The van der Waals surface area contributed by atoms with E-state index in [4.69, 9.17) is 9.47 Å². The van der Waals surface area contributed by atoms with Crippen LogP contribution >= 0.6 is 11.3 Å². The van der Waals surface area contributed by atoms with E-state index in [9.17, 15) is 9.59 Å². The fourth-order valence-corrected chi connectivity index (χ4v) is 5.28. The first kappa shape index (κ1) is 23.3. The first-order chi connectivity index (χ1) is 14.6. The van der Waals surface area contributed by atoms with Gasteiger partial charge in [0.1, 0.15) is 10.8 Å². The van der Waals surface area contributed by atoms with Crippen LogP contribution in [0.2, 0.25) is 0 Å². The van der Waals surface area contributed by atoms with E-state index in [0.29, 0.717) is 28.8 Å². The Balaban J connectivity index is 1.77. The monoisotopic (exact) mass is 443 g/mol. The molecule has 0 spiro atoms. The lowest BCUT2D eigenvalue weighted by molar-refractivity contribution is -0.118. The maximum absolute atomic E-state index is 12.7. The Hall–Kier alpha value is -2.34. The Labute approximate surface area is 189 Å². The van der Waals surface area contributed by atoms with Gasteiger partial charge in [-0.15, -0.1) is 11.3 Å². The van der Waals surface area contributed by atoms with E-state index in [-0.39, 0.29) is 23.9 Å². The van der Waals surface area contributed by atoms with E-state index in [1.807, 2.05) is 32.0 Å². The maximum atomic E-state index is 12.7. The molecule has 0 saturated heterocycles. The van der Waals surface area contributed by atoms with Crippen LogP contribution in [0.4, 0.5) is 5.00 Å². The van der Waals surface area contributed by atoms with E-state index in [0.717, 1.165) is 30.4 Å². The summed E-state index contributed by atoms with van der Waals surface area (Å²) in [4.78, 5) is 26.5. The van der Waals surface area contributed by atoms with Crippen LogP contribution in [-0.4, -0.2) is 25.1 Å². The summed E-state index contributed by atoms with van der Waals surface area (Å²) in [6.45, 7) is 12.8. The van der Waals surface area contributed by atoms with Crippen molar-refractivity contribution in [2.45, 2.75) is 60.8 Å². The summed E-state index contributed by atoms with van der Waals surface area (Å²) in [5.74, 6) is 0.557. The van der Waals surface area contributed by atoms with E-state index in [2.05, 4.69) is 26.1 Å². The second-order valence-corrected chi connectivity index (χ2v) is 10.4. The van der Waals surface area contributed by atoms with Crippen molar-refractivity contribution in [3.63, 3.8) is 0 Å². The molecule has 1 N–H and O–H groups in total. The van der Waals surface area contributed by atoms with E-state index in [1.165, 1.54) is 21.8 Å². The number of nitrogens with one attached hydrogen (secondary N) is 1. The molecule has 1 aliphatic rings. The minimum absolute atomic E-state index is 0.113. The standard InChI is InChI=1S/C25H33NO4S/c1-7-29-24(28)22-19-11-9-17(25(4,5)6)13-20(19)31-23(22)26-21(27)14-30-18-10-8-15(2)16(3)12-18/h8,10,12,17H,7,9,11,13-14H2,1-6H3,(H,26,27). The SMILES string of the molecule is CCOC(=O)c1c(NC(=O)COc2ccc(C)c(C)c2)sc2c1CCC(C(C)(C)C)C2. The van der Waals surface area contributed by atoms with Crippen LogP contribution in [0.3, 0.4) is 0 Å². The summed E-state index contributed by atoms with van der Waals surface area (Å²) in [6, 6.07) is 5.75. The number of carbonyl (C=O) groups is 2. The van der Waals surface area contributed by atoms with Crippen molar-refractivity contribution in [2.24, 2.45) is 11.3 Å². The molecule has 31 heavy (non-hydrogen) atoms. The molecular weight excluding hydrogens is 410 g/mol. The van der Waals surface area contributed by atoms with Gasteiger partial charge in [-0.25, -0.2) is 4.79 Å². The van der Waals surface area contributed by atoms with Crippen molar-refractivity contribution in [1.82, 2.24) is 0 Å². The lowest BCUT2D eigenvalue weighted by atomic mass is 9.72. The third kappa shape index (κ3) is 5.48. The lowest BCUT2D eigenvalue weighted by Crippen LogP contribution is -2.26. The van der Waals surface area contributed by atoms with Gasteiger partial charge in [0.2, 0.25) is 0 Å². The molecule has 1 aromatic heterocycles. The average Bonchev–Trinajstić information content (AvgIpc) is 3.05. The summed E-state index contributed by atoms with van der Waals surface area (Å²) in [5.41, 5.74) is 4.05. The fourth-order valence-electron chi connectivity index (χ4n) is 3.95. The molecule has 6 heteroatoms. The predicted octanol–water partition coefficient (Wildman–Crippen LogP) is 5.71. The Bertz CT molecular complexity index is 971. The highest BCUT2D eigenvalue weighted by atomic mass is 32.1. The highest BCUT2D eigenvalue weighted by Gasteiger charge is 2.34. The molecule has 1 unspecified atom stereocenters. The Morgan fingerprint density at radius 2 is 1.94 bits per heavy atom. The number of amides is 1. The molecule has 5 nitrogen and oxygen atoms in total. The average molecular weight is 444 g/mol. The molecule has 0 radical (unpaired) electrons. The van der Waals surface area contributed by atoms with Crippen molar-refractivity contribution in [2.75, 3.05) is 18.5 Å². The summed E-state index contributed by atoms with van der Waals surface area (Å²) >= 11 is 1.50. The van der Waals surface area contributed by atoms with Crippen molar-refractivity contribution < 1.29 is 19.1 Å². The number of esters is 1. The smallest absolute Gasteiger partial charge is 0.341 e. The number of fused-ring (bicyclic) bond motifs is 1. The Kier molecular flexibility index (Phi) is 7.10. The van der Waals surface area contributed by atoms with Crippen LogP contribution < -0.4 is 10.1 Å². The van der Waals surface area contributed by atoms with Crippen molar-refractivity contribution in [1.29, 1.82) is 0 Å². The van der Waals surface area contributed by atoms with Gasteiger partial charge in [-0.3, -0.25) is 4.79 Å². The molecular formula is C25H33NO4S. The van der Waals surface area contributed by atoms with Crippen LogP contribution in [0.25, 0.3) is 0 Å². The topological polar surface area (TPSA) is 64.6 Å². The highest BCUT2D eigenvalue weighted by molar-refractivity contribution is 7.17. The number of hydrogen-bond donors (Lipinski definition) is 1. The largest absolute Gasteiger partial charge is 0.484 e. The molecule has 0 aliphatic heterocycles. The van der Waals surface area contributed by atoms with Crippen LogP contribution in [0.5, 0.6) is 5.75 Å². The molecule has 1 aliphatic carbocycles. The molecule has 1 atom stereocenters. The van der Waals surface area contributed by atoms with Crippen LogP contribution in [0.15, 0.2) is 18.2 Å². The second-order valence-electron chi connectivity index (χ2n) is 9.32. The summed E-state index contributed by atoms with van der Waals surface area (Å²) in [5, 5.41) is 3.49. The van der Waals surface area contributed by atoms with Crippen molar-refractivity contribution in [3.8, 4) is 5.75 Å². The quantitative estimate of drug-likeness (QED) is 0.581. The van der Waals surface area contributed by atoms with Gasteiger partial charge in [-0.2, -0.15) is 0 Å². The number of thiophene rings is 1. The Morgan fingerprint density at radius 1 is 1.19 bits per heavy atom. The Morgan fingerprint density at radius 3 is 2.58 bits per heavy atom. The van der Waals surface area contributed by atoms with Crippen molar-refractivity contribution >= 4 is 28.2 Å². The summed E-state index contributed by atoms with van der Waals surface area (Å²) in [7, 11) is 0. The third-order valence-electron chi connectivity index (χ3n) is 6.07. The van der Waals surface area contributed by atoms with Gasteiger partial charge in [0.05, 0.1) is 12.2 Å². The number of rotatable bonds is 6. The van der Waals surface area contributed by atoms with Gasteiger partial charge in [0.15, 0.2) is 6.61 Å². The zero-order chi connectivity index (χ0) is 22.8. The number of hydrogen-bond acceptors (Lipinski definition) is 5. The van der Waals surface area contributed by atoms with Gasteiger partial charge >= 0.3 is 5.97 Å².